The molecule has 0 aromatic heterocycles. The molecule has 2 saturated heterocycles. The summed E-state index contributed by atoms with van der Waals surface area (Å²) < 4.78 is 29.8. The van der Waals surface area contributed by atoms with Crippen molar-refractivity contribution < 1.29 is 42.6 Å². The van der Waals surface area contributed by atoms with Gasteiger partial charge in [0.15, 0.2) is 6.04 Å². The van der Waals surface area contributed by atoms with Crippen LogP contribution in [0.25, 0.3) is 0 Å². The topological polar surface area (TPSA) is 132 Å². The molecule has 0 saturated carbocycles. The minimum Gasteiger partial charge on any atom is -0.467 e. The van der Waals surface area contributed by atoms with Crippen molar-refractivity contribution in [1.82, 2.24) is 15.1 Å². The number of methoxy groups -OCH3 is 1. The third kappa shape index (κ3) is 7.35. The van der Waals surface area contributed by atoms with Crippen LogP contribution in [0.4, 0.5) is 9.18 Å². The van der Waals surface area contributed by atoms with Gasteiger partial charge in [0, 0.05) is 26.4 Å². The minimum atomic E-state index is -1.53. The number of amides is 3. The van der Waals surface area contributed by atoms with Gasteiger partial charge in [0.05, 0.1) is 7.11 Å². The van der Waals surface area contributed by atoms with Crippen LogP contribution >= 0.6 is 0 Å². The van der Waals surface area contributed by atoms with E-state index in [9.17, 15) is 28.4 Å². The van der Waals surface area contributed by atoms with Crippen molar-refractivity contribution in [1.29, 1.82) is 0 Å². The van der Waals surface area contributed by atoms with Crippen molar-refractivity contribution in [3.63, 3.8) is 0 Å². The van der Waals surface area contributed by atoms with Gasteiger partial charge in [-0.05, 0) is 55.9 Å². The third-order valence-electron chi connectivity index (χ3n) is 8.10. The molecule has 236 valence electrons. The average molecular weight is 612 g/mol. The lowest BCUT2D eigenvalue weighted by Gasteiger charge is -2.40. The van der Waals surface area contributed by atoms with Crippen molar-refractivity contribution in [2.75, 3.05) is 20.2 Å². The van der Waals surface area contributed by atoms with Gasteiger partial charge >= 0.3 is 18.0 Å². The number of hydrogen-bond donors (Lipinski definition) is 1. The predicted octanol–water partition coefficient (Wildman–Crippen LogP) is 3.14. The Bertz CT molecular complexity index is 1370. The van der Waals surface area contributed by atoms with Crippen molar-refractivity contribution in [3.05, 3.63) is 71.5 Å². The number of benzene rings is 2. The highest BCUT2D eigenvalue weighted by Crippen LogP contribution is 2.36. The van der Waals surface area contributed by atoms with Crippen LogP contribution in [0.5, 0.6) is 0 Å². The molecular formula is C32H38FN3O8. The lowest BCUT2D eigenvalue weighted by atomic mass is 9.86. The zero-order chi connectivity index (χ0) is 31.9. The number of nitrogens with zero attached hydrogens (tertiary/aromatic N) is 2. The highest BCUT2D eigenvalue weighted by atomic mass is 19.1. The molecule has 2 aromatic rings. The molecule has 2 aromatic carbocycles. The van der Waals surface area contributed by atoms with Crippen LogP contribution in [-0.2, 0) is 46.4 Å². The van der Waals surface area contributed by atoms with Gasteiger partial charge in [-0.1, -0.05) is 42.5 Å². The molecule has 12 heteroatoms. The molecule has 4 atom stereocenters. The second-order valence-electron chi connectivity index (χ2n) is 11.1. The van der Waals surface area contributed by atoms with Crippen LogP contribution in [-0.4, -0.2) is 83.6 Å². The number of ether oxygens (including phenoxy) is 3. The van der Waals surface area contributed by atoms with Crippen molar-refractivity contribution in [2.45, 2.75) is 76.3 Å². The summed E-state index contributed by atoms with van der Waals surface area (Å²) in [6, 6.07) is 12.7. The van der Waals surface area contributed by atoms with E-state index in [1.54, 1.807) is 6.07 Å². The van der Waals surface area contributed by atoms with Gasteiger partial charge in [-0.3, -0.25) is 19.3 Å². The molecule has 3 amide bonds. The zero-order valence-corrected chi connectivity index (χ0v) is 25.1. The summed E-state index contributed by atoms with van der Waals surface area (Å²) in [6.45, 7) is 3.17. The highest BCUT2D eigenvalue weighted by Gasteiger charge is 2.53. The molecule has 2 fully saturated rings. The second-order valence-corrected chi connectivity index (χ2v) is 11.1. The summed E-state index contributed by atoms with van der Waals surface area (Å²) in [5.41, 5.74) is -0.264. The minimum absolute atomic E-state index is 0.0438. The first-order valence-corrected chi connectivity index (χ1v) is 14.6. The number of likely N-dealkylation sites (tertiary alicyclic amines) is 2. The van der Waals surface area contributed by atoms with Crippen LogP contribution in [0.1, 0.15) is 50.7 Å². The van der Waals surface area contributed by atoms with Crippen LogP contribution in [0.3, 0.4) is 0 Å². The Morgan fingerprint density at radius 1 is 1.02 bits per heavy atom. The Morgan fingerprint density at radius 3 is 2.43 bits per heavy atom. The maximum atomic E-state index is 14.2. The third-order valence-corrected chi connectivity index (χ3v) is 8.10. The fourth-order valence-corrected chi connectivity index (χ4v) is 6.01. The zero-order valence-electron chi connectivity index (χ0n) is 25.1. The van der Waals surface area contributed by atoms with Crippen LogP contribution in [0.2, 0.25) is 0 Å². The van der Waals surface area contributed by atoms with Gasteiger partial charge in [0.25, 0.3) is 0 Å². The normalized spacial score (nSPS) is 20.9. The summed E-state index contributed by atoms with van der Waals surface area (Å²) in [6.07, 6.45) is -0.164. The van der Waals surface area contributed by atoms with Crippen molar-refractivity contribution >= 4 is 29.8 Å². The number of rotatable bonds is 10. The fourth-order valence-electron chi connectivity index (χ4n) is 6.01. The maximum absolute atomic E-state index is 14.2. The molecule has 0 bridgehead atoms. The van der Waals surface area contributed by atoms with Gasteiger partial charge < -0.3 is 24.4 Å². The van der Waals surface area contributed by atoms with Crippen LogP contribution in [0, 0.1) is 5.82 Å². The molecule has 4 unspecified atom stereocenters. The molecule has 2 heterocycles. The summed E-state index contributed by atoms with van der Waals surface area (Å²) in [4.78, 5) is 68.7. The van der Waals surface area contributed by atoms with Gasteiger partial charge in [-0.15, -0.1) is 0 Å². The first kappa shape index (κ1) is 32.4. The van der Waals surface area contributed by atoms with Crippen LogP contribution in [0.15, 0.2) is 54.6 Å². The predicted molar refractivity (Wildman–Crippen MR) is 155 cm³/mol. The van der Waals surface area contributed by atoms with Crippen molar-refractivity contribution in [3.8, 4) is 0 Å². The Morgan fingerprint density at radius 2 is 1.75 bits per heavy atom. The number of esters is 2. The quantitative estimate of drug-likeness (QED) is 0.320. The van der Waals surface area contributed by atoms with Gasteiger partial charge in [-0.2, -0.15) is 0 Å². The average Bonchev–Trinajstić information content (AvgIpc) is 3.66. The SMILES string of the molecule is COC(=O)C(NC(=O)C1(Cc2cccc(F)c2)CCCN1C(=O)C1CCCN1C(=O)OCc1ccccc1)C(C)OC(C)=O. The largest absolute Gasteiger partial charge is 0.467 e. The number of carbonyl (C=O) groups excluding carboxylic acids is 5. The molecule has 2 aliphatic heterocycles. The standard InChI is InChI=1S/C32H38FN3O8/c1-21(44-22(2)37)27(29(39)42-3)34-30(40)32(19-24-12-7-13-25(33)18-24)15-9-17-36(32)28(38)26-14-8-16-35(26)31(41)43-20-23-10-5-4-6-11-23/h4-7,10-13,18,21,26-27H,8-9,14-17,19-20H2,1-3H3,(H,34,40). The van der Waals surface area contributed by atoms with E-state index >= 15 is 0 Å². The van der Waals surface area contributed by atoms with E-state index in [-0.39, 0.29) is 26.0 Å². The van der Waals surface area contributed by atoms with E-state index in [1.807, 2.05) is 30.3 Å². The van der Waals surface area contributed by atoms with E-state index in [0.29, 0.717) is 31.4 Å². The molecular weight excluding hydrogens is 573 g/mol. The van der Waals surface area contributed by atoms with E-state index in [0.717, 1.165) is 12.7 Å². The van der Waals surface area contributed by atoms with E-state index < -0.39 is 59.4 Å². The molecule has 44 heavy (non-hydrogen) atoms. The lowest BCUT2D eigenvalue weighted by molar-refractivity contribution is -0.158. The van der Waals surface area contributed by atoms with E-state index in [4.69, 9.17) is 14.2 Å². The highest BCUT2D eigenvalue weighted by molar-refractivity contribution is 5.97. The summed E-state index contributed by atoms with van der Waals surface area (Å²) in [5.74, 6) is -3.13. The number of carbonyl (C=O) groups is 5. The monoisotopic (exact) mass is 611 g/mol. The van der Waals surface area contributed by atoms with Gasteiger partial charge in [0.2, 0.25) is 11.8 Å². The number of halogens is 1. The first-order valence-electron chi connectivity index (χ1n) is 14.6. The number of hydrogen-bond acceptors (Lipinski definition) is 8. The molecule has 1 N–H and O–H groups in total. The van der Waals surface area contributed by atoms with E-state index in [1.165, 1.54) is 41.8 Å². The lowest BCUT2D eigenvalue weighted by Crippen LogP contribution is -2.64. The Hall–Kier alpha value is -4.48. The molecule has 11 nitrogen and oxygen atoms in total. The second kappa shape index (κ2) is 14.3. The van der Waals surface area contributed by atoms with Crippen LogP contribution < -0.4 is 5.32 Å². The molecule has 0 aliphatic carbocycles. The summed E-state index contributed by atoms with van der Waals surface area (Å²) in [7, 11) is 1.14. The fraction of sp³-hybridized carbons (Fsp3) is 0.469. The molecule has 4 rings (SSSR count). The summed E-state index contributed by atoms with van der Waals surface area (Å²) >= 11 is 0. The summed E-state index contributed by atoms with van der Waals surface area (Å²) in [5, 5.41) is 2.65. The smallest absolute Gasteiger partial charge is 0.410 e. The molecule has 0 radical (unpaired) electrons. The van der Waals surface area contributed by atoms with Crippen molar-refractivity contribution in [2.24, 2.45) is 0 Å². The number of nitrogens with one attached hydrogen (secondary N) is 1. The Labute approximate surface area is 255 Å². The Balaban J connectivity index is 1.62. The molecule has 2 aliphatic rings. The maximum Gasteiger partial charge on any atom is 0.410 e. The Kier molecular flexibility index (Phi) is 10.6. The first-order chi connectivity index (χ1) is 21.1. The molecule has 0 spiro atoms. The van der Waals surface area contributed by atoms with E-state index in [2.05, 4.69) is 5.32 Å². The van der Waals surface area contributed by atoms with Gasteiger partial charge in [-0.25, -0.2) is 14.0 Å². The van der Waals surface area contributed by atoms with Gasteiger partial charge in [0.1, 0.15) is 30.1 Å².